The van der Waals surface area contributed by atoms with Crippen molar-refractivity contribution < 1.29 is 13.6 Å². The third-order valence-corrected chi connectivity index (χ3v) is 6.40. The number of urea groups is 1. The van der Waals surface area contributed by atoms with Gasteiger partial charge in [0.1, 0.15) is 16.6 Å². The van der Waals surface area contributed by atoms with Gasteiger partial charge >= 0.3 is 6.03 Å². The van der Waals surface area contributed by atoms with E-state index >= 15 is 0 Å². The number of hydrogen-bond acceptors (Lipinski definition) is 3. The van der Waals surface area contributed by atoms with Crippen molar-refractivity contribution >= 4 is 22.9 Å². The molecule has 2 N–H and O–H groups in total. The zero-order valence-corrected chi connectivity index (χ0v) is 16.5. The first-order valence-corrected chi connectivity index (χ1v) is 10.7. The highest BCUT2D eigenvalue weighted by Crippen LogP contribution is 2.40. The van der Waals surface area contributed by atoms with Gasteiger partial charge in [-0.05, 0) is 37.0 Å². The van der Waals surface area contributed by atoms with Gasteiger partial charge in [-0.2, -0.15) is 0 Å². The maximum atomic E-state index is 13.8. The SMILES string of the molecule is CCC1=C(c2nc(C3CCCCC3)cs2)C(c2cc(F)cc(F)c2)NC(=O)N1. The molecule has 28 heavy (non-hydrogen) atoms. The minimum absolute atomic E-state index is 0.376. The monoisotopic (exact) mass is 403 g/mol. The van der Waals surface area contributed by atoms with E-state index < -0.39 is 17.7 Å². The third-order valence-electron chi connectivity index (χ3n) is 5.50. The number of thiazole rings is 1. The van der Waals surface area contributed by atoms with Crippen molar-refractivity contribution in [3.05, 3.63) is 57.2 Å². The Kier molecular flexibility index (Phi) is 5.44. The molecule has 7 heteroatoms. The number of halogens is 2. The summed E-state index contributed by atoms with van der Waals surface area (Å²) in [4.78, 5) is 17.0. The average Bonchev–Trinajstić information content (AvgIpc) is 3.17. The fourth-order valence-electron chi connectivity index (χ4n) is 4.14. The summed E-state index contributed by atoms with van der Waals surface area (Å²) in [5.74, 6) is -0.856. The van der Waals surface area contributed by atoms with Gasteiger partial charge in [0.15, 0.2) is 0 Å². The number of carbonyl (C=O) groups is 1. The first-order chi connectivity index (χ1) is 13.5. The van der Waals surface area contributed by atoms with Crippen LogP contribution in [-0.2, 0) is 0 Å². The summed E-state index contributed by atoms with van der Waals surface area (Å²) >= 11 is 1.53. The Labute approximate surface area is 167 Å². The fourth-order valence-corrected chi connectivity index (χ4v) is 5.14. The molecule has 4 rings (SSSR count). The van der Waals surface area contributed by atoms with Crippen LogP contribution in [0.1, 0.15) is 73.7 Å². The largest absolute Gasteiger partial charge is 0.327 e. The number of rotatable bonds is 4. The normalized spacial score (nSPS) is 20.8. The summed E-state index contributed by atoms with van der Waals surface area (Å²) in [5.41, 5.74) is 2.99. The minimum Gasteiger partial charge on any atom is -0.327 e. The Bertz CT molecular complexity index is 898. The maximum Gasteiger partial charge on any atom is 0.319 e. The van der Waals surface area contributed by atoms with Gasteiger partial charge in [-0.25, -0.2) is 18.6 Å². The molecule has 1 aliphatic heterocycles. The lowest BCUT2D eigenvalue weighted by Crippen LogP contribution is -2.43. The van der Waals surface area contributed by atoms with Crippen molar-refractivity contribution in [2.24, 2.45) is 0 Å². The number of nitrogens with one attached hydrogen (secondary N) is 2. The smallest absolute Gasteiger partial charge is 0.319 e. The molecule has 0 spiro atoms. The Hall–Kier alpha value is -2.28. The zero-order valence-electron chi connectivity index (χ0n) is 15.7. The van der Waals surface area contributed by atoms with Crippen LogP contribution in [0.3, 0.4) is 0 Å². The second kappa shape index (κ2) is 7.99. The molecule has 2 aliphatic rings. The predicted octanol–water partition coefficient (Wildman–Crippen LogP) is 5.64. The van der Waals surface area contributed by atoms with Gasteiger partial charge in [0.2, 0.25) is 0 Å². The molecule has 1 aliphatic carbocycles. The second-order valence-corrected chi connectivity index (χ2v) is 8.25. The number of hydrogen-bond donors (Lipinski definition) is 2. The van der Waals surface area contributed by atoms with Gasteiger partial charge in [-0.1, -0.05) is 26.2 Å². The summed E-state index contributed by atoms with van der Waals surface area (Å²) in [6, 6.07) is 2.35. The molecule has 0 radical (unpaired) electrons. The van der Waals surface area contributed by atoms with Gasteiger partial charge in [0, 0.05) is 28.6 Å². The molecule has 2 amide bonds. The van der Waals surface area contributed by atoms with Gasteiger partial charge in [0.25, 0.3) is 0 Å². The first-order valence-electron chi connectivity index (χ1n) is 9.77. The lowest BCUT2D eigenvalue weighted by molar-refractivity contribution is 0.239. The molecule has 2 heterocycles. The number of nitrogens with zero attached hydrogens (tertiary/aromatic N) is 1. The molecule has 1 saturated carbocycles. The van der Waals surface area contributed by atoms with Crippen LogP contribution in [0.15, 0.2) is 29.3 Å². The molecule has 1 fully saturated rings. The molecule has 148 valence electrons. The Morgan fingerprint density at radius 3 is 2.54 bits per heavy atom. The van der Waals surface area contributed by atoms with E-state index in [1.807, 2.05) is 6.92 Å². The molecule has 0 bridgehead atoms. The van der Waals surface area contributed by atoms with E-state index in [0.717, 1.165) is 40.9 Å². The van der Waals surface area contributed by atoms with Gasteiger partial charge in [-0.15, -0.1) is 11.3 Å². The summed E-state index contributed by atoms with van der Waals surface area (Å²) < 4.78 is 27.7. The lowest BCUT2D eigenvalue weighted by Gasteiger charge is -2.29. The van der Waals surface area contributed by atoms with E-state index in [1.165, 1.54) is 42.7 Å². The van der Waals surface area contributed by atoms with Crippen LogP contribution >= 0.6 is 11.3 Å². The van der Waals surface area contributed by atoms with E-state index in [-0.39, 0.29) is 6.03 Å². The summed E-state index contributed by atoms with van der Waals surface area (Å²) in [6.45, 7) is 1.94. The molecule has 4 nitrogen and oxygen atoms in total. The molecule has 1 unspecified atom stereocenters. The highest BCUT2D eigenvalue weighted by molar-refractivity contribution is 7.10. The van der Waals surface area contributed by atoms with Crippen molar-refractivity contribution in [2.75, 3.05) is 0 Å². The molecule has 1 aromatic heterocycles. The molecular formula is C21H23F2N3OS. The van der Waals surface area contributed by atoms with Crippen molar-refractivity contribution in [2.45, 2.75) is 57.4 Å². The molecule has 2 aromatic rings. The van der Waals surface area contributed by atoms with Crippen molar-refractivity contribution in [1.82, 2.24) is 15.6 Å². The van der Waals surface area contributed by atoms with Crippen LogP contribution in [0, 0.1) is 11.6 Å². The number of allylic oxidation sites excluding steroid dienone is 1. The fraction of sp³-hybridized carbons (Fsp3) is 0.429. The van der Waals surface area contributed by atoms with Crippen LogP contribution in [0.4, 0.5) is 13.6 Å². The standard InChI is InChI=1S/C21H23F2N3OS/c1-2-16-18(20-24-17(11-28-20)12-6-4-3-5-7-12)19(26-21(27)25-16)13-8-14(22)10-15(23)9-13/h8-12,19H,2-7H2,1H3,(H2,25,26,27). The van der Waals surface area contributed by atoms with E-state index in [0.29, 0.717) is 17.9 Å². The minimum atomic E-state index is -0.665. The van der Waals surface area contributed by atoms with Crippen LogP contribution in [-0.4, -0.2) is 11.0 Å². The molecule has 0 saturated heterocycles. The van der Waals surface area contributed by atoms with Crippen LogP contribution in [0.5, 0.6) is 0 Å². The van der Waals surface area contributed by atoms with E-state index in [1.54, 1.807) is 0 Å². The average molecular weight is 403 g/mol. The van der Waals surface area contributed by atoms with Gasteiger partial charge in [-0.3, -0.25) is 0 Å². The summed E-state index contributed by atoms with van der Waals surface area (Å²) in [7, 11) is 0. The molecule has 1 aromatic carbocycles. The van der Waals surface area contributed by atoms with E-state index in [2.05, 4.69) is 16.0 Å². The van der Waals surface area contributed by atoms with Crippen LogP contribution in [0.25, 0.3) is 5.57 Å². The maximum absolute atomic E-state index is 13.8. The molecule has 1 atom stereocenters. The van der Waals surface area contributed by atoms with Crippen molar-refractivity contribution in [3.63, 3.8) is 0 Å². The Morgan fingerprint density at radius 2 is 1.86 bits per heavy atom. The Morgan fingerprint density at radius 1 is 1.14 bits per heavy atom. The van der Waals surface area contributed by atoms with Gasteiger partial charge in [0.05, 0.1) is 11.7 Å². The van der Waals surface area contributed by atoms with Crippen LogP contribution in [0.2, 0.25) is 0 Å². The predicted molar refractivity (Wildman–Crippen MR) is 106 cm³/mol. The van der Waals surface area contributed by atoms with Crippen LogP contribution < -0.4 is 10.6 Å². The summed E-state index contributed by atoms with van der Waals surface area (Å²) in [5, 5.41) is 8.54. The van der Waals surface area contributed by atoms with Gasteiger partial charge < -0.3 is 10.6 Å². The molecular weight excluding hydrogens is 380 g/mol. The Balaban J connectivity index is 1.76. The highest BCUT2D eigenvalue weighted by Gasteiger charge is 2.31. The van der Waals surface area contributed by atoms with E-state index in [9.17, 15) is 13.6 Å². The summed E-state index contributed by atoms with van der Waals surface area (Å²) in [6.07, 6.45) is 6.62. The van der Waals surface area contributed by atoms with E-state index in [4.69, 9.17) is 4.98 Å². The quantitative estimate of drug-likeness (QED) is 0.694. The highest BCUT2D eigenvalue weighted by atomic mass is 32.1. The number of benzene rings is 1. The van der Waals surface area contributed by atoms with Crippen molar-refractivity contribution in [1.29, 1.82) is 0 Å². The van der Waals surface area contributed by atoms with Crippen molar-refractivity contribution in [3.8, 4) is 0 Å². The lowest BCUT2D eigenvalue weighted by atomic mass is 9.87. The second-order valence-electron chi connectivity index (χ2n) is 7.39. The number of carbonyl (C=O) groups excluding carboxylic acids is 1. The third kappa shape index (κ3) is 3.81. The number of amides is 2. The topological polar surface area (TPSA) is 54.0 Å². The zero-order chi connectivity index (χ0) is 19.7. The first kappa shape index (κ1) is 19.1. The number of aromatic nitrogens is 1.